The standard InChI is InChI=1S/C16H18O4S2/c17-16(21-11-12-22(18,19)20)15(13-7-3-1-4-8-13)14-9-5-2-6-10-14/h1-9,14-15H,10-12H2,(H,18,19,20). The second-order valence-electron chi connectivity index (χ2n) is 5.05. The number of carbonyl (C=O) groups excluding carboxylic acids is 1. The van der Waals surface area contributed by atoms with Crippen LogP contribution >= 0.6 is 11.8 Å². The van der Waals surface area contributed by atoms with Gasteiger partial charge in [-0.1, -0.05) is 66.4 Å². The monoisotopic (exact) mass is 338 g/mol. The Labute approximate surface area is 135 Å². The SMILES string of the molecule is O=C(SCCS(=O)(=O)O)C(c1ccccc1)C1C=CC=CC1. The number of hydrogen-bond acceptors (Lipinski definition) is 4. The number of thioether (sulfide) groups is 1. The van der Waals surface area contributed by atoms with Crippen LogP contribution in [0.5, 0.6) is 0 Å². The van der Waals surface area contributed by atoms with Crippen LogP contribution in [0, 0.1) is 5.92 Å². The summed E-state index contributed by atoms with van der Waals surface area (Å²) in [5, 5.41) is -0.0696. The molecule has 0 heterocycles. The summed E-state index contributed by atoms with van der Waals surface area (Å²) >= 11 is 0.964. The Morgan fingerprint density at radius 1 is 1.27 bits per heavy atom. The van der Waals surface area contributed by atoms with Gasteiger partial charge in [-0.15, -0.1) is 0 Å². The maximum absolute atomic E-state index is 12.6. The van der Waals surface area contributed by atoms with E-state index in [-0.39, 0.29) is 22.7 Å². The molecule has 1 aromatic rings. The van der Waals surface area contributed by atoms with Crippen LogP contribution in [0.15, 0.2) is 54.6 Å². The van der Waals surface area contributed by atoms with Crippen molar-refractivity contribution in [3.63, 3.8) is 0 Å². The van der Waals surface area contributed by atoms with Crippen LogP contribution in [0.4, 0.5) is 0 Å². The van der Waals surface area contributed by atoms with Gasteiger partial charge in [0.1, 0.15) is 0 Å². The van der Waals surface area contributed by atoms with Gasteiger partial charge in [0.2, 0.25) is 0 Å². The highest BCUT2D eigenvalue weighted by Crippen LogP contribution is 2.34. The molecule has 4 nitrogen and oxygen atoms in total. The van der Waals surface area contributed by atoms with E-state index in [2.05, 4.69) is 0 Å². The fourth-order valence-corrected chi connectivity index (χ4v) is 4.27. The first-order valence-corrected chi connectivity index (χ1v) is 9.57. The van der Waals surface area contributed by atoms with Gasteiger partial charge >= 0.3 is 0 Å². The fraction of sp³-hybridized carbons (Fsp3) is 0.312. The number of allylic oxidation sites excluding steroid dienone is 4. The van der Waals surface area contributed by atoms with Gasteiger partial charge < -0.3 is 0 Å². The van der Waals surface area contributed by atoms with Crippen LogP contribution in [0.2, 0.25) is 0 Å². The highest BCUT2D eigenvalue weighted by Gasteiger charge is 2.28. The van der Waals surface area contributed by atoms with Crippen LogP contribution in [0.1, 0.15) is 17.9 Å². The van der Waals surface area contributed by atoms with Gasteiger partial charge in [-0.3, -0.25) is 9.35 Å². The van der Waals surface area contributed by atoms with E-state index < -0.39 is 15.9 Å². The molecule has 22 heavy (non-hydrogen) atoms. The zero-order chi connectivity index (χ0) is 16.0. The van der Waals surface area contributed by atoms with E-state index in [4.69, 9.17) is 4.55 Å². The molecule has 1 aromatic carbocycles. The predicted molar refractivity (Wildman–Crippen MR) is 89.5 cm³/mol. The summed E-state index contributed by atoms with van der Waals surface area (Å²) in [6.45, 7) is 0. The Morgan fingerprint density at radius 3 is 2.59 bits per heavy atom. The predicted octanol–water partition coefficient (Wildman–Crippen LogP) is 3.05. The Morgan fingerprint density at radius 2 is 2.00 bits per heavy atom. The third-order valence-electron chi connectivity index (χ3n) is 3.44. The normalized spacial score (nSPS) is 19.0. The first kappa shape index (κ1) is 17.0. The number of hydrogen-bond donors (Lipinski definition) is 1. The van der Waals surface area contributed by atoms with Crippen LogP contribution in [0.25, 0.3) is 0 Å². The zero-order valence-electron chi connectivity index (χ0n) is 12.0. The van der Waals surface area contributed by atoms with Crippen LogP contribution < -0.4 is 0 Å². The van der Waals surface area contributed by atoms with E-state index in [1.165, 1.54) is 0 Å². The molecular weight excluding hydrogens is 320 g/mol. The van der Waals surface area contributed by atoms with Crippen molar-refractivity contribution in [2.45, 2.75) is 12.3 Å². The molecule has 118 valence electrons. The summed E-state index contributed by atoms with van der Waals surface area (Å²) in [5.74, 6) is -0.592. The Kier molecular flexibility index (Phi) is 5.99. The number of carbonyl (C=O) groups is 1. The largest absolute Gasteiger partial charge is 0.287 e. The summed E-state index contributed by atoms with van der Waals surface area (Å²) in [4.78, 5) is 12.6. The lowest BCUT2D eigenvalue weighted by atomic mass is 9.83. The Balaban J connectivity index is 2.12. The van der Waals surface area contributed by atoms with E-state index >= 15 is 0 Å². The lowest BCUT2D eigenvalue weighted by Crippen LogP contribution is -2.20. The highest BCUT2D eigenvalue weighted by atomic mass is 32.2. The Bertz CT molecular complexity index is 663. The minimum Gasteiger partial charge on any atom is -0.287 e. The fourth-order valence-electron chi connectivity index (χ4n) is 2.40. The molecule has 1 aliphatic carbocycles. The van der Waals surface area contributed by atoms with Crippen molar-refractivity contribution >= 4 is 27.0 Å². The molecule has 0 aliphatic heterocycles. The third-order valence-corrected chi connectivity index (χ3v) is 5.37. The second-order valence-corrected chi connectivity index (χ2v) is 7.73. The molecule has 0 spiro atoms. The Hall–Kier alpha value is -1.37. The van der Waals surface area contributed by atoms with Crippen LogP contribution in [-0.2, 0) is 14.9 Å². The average Bonchev–Trinajstić information content (AvgIpc) is 2.48. The molecule has 0 amide bonds. The maximum atomic E-state index is 12.6. The first-order valence-electron chi connectivity index (χ1n) is 6.97. The van der Waals surface area contributed by atoms with Crippen molar-refractivity contribution in [2.24, 2.45) is 5.92 Å². The topological polar surface area (TPSA) is 71.4 Å². The van der Waals surface area contributed by atoms with Crippen molar-refractivity contribution in [3.8, 4) is 0 Å². The van der Waals surface area contributed by atoms with E-state index in [9.17, 15) is 13.2 Å². The van der Waals surface area contributed by atoms with Crippen LogP contribution in [0.3, 0.4) is 0 Å². The molecule has 0 saturated carbocycles. The smallest absolute Gasteiger partial charge is 0.265 e. The maximum Gasteiger partial charge on any atom is 0.265 e. The minimum atomic E-state index is -4.03. The number of benzene rings is 1. The summed E-state index contributed by atoms with van der Waals surface area (Å²) in [5.41, 5.74) is 0.928. The van der Waals surface area contributed by atoms with E-state index in [1.54, 1.807) is 0 Å². The van der Waals surface area contributed by atoms with Gasteiger partial charge in [-0.05, 0) is 17.9 Å². The van der Waals surface area contributed by atoms with Gasteiger partial charge in [-0.25, -0.2) is 0 Å². The van der Waals surface area contributed by atoms with Gasteiger partial charge in [0.15, 0.2) is 5.12 Å². The van der Waals surface area contributed by atoms with E-state index in [0.29, 0.717) is 0 Å². The van der Waals surface area contributed by atoms with Crippen LogP contribution in [-0.4, -0.2) is 29.6 Å². The summed E-state index contributed by atoms with van der Waals surface area (Å²) in [7, 11) is -4.03. The van der Waals surface area contributed by atoms with Crippen molar-refractivity contribution in [3.05, 3.63) is 60.2 Å². The summed E-state index contributed by atoms with van der Waals surface area (Å²) < 4.78 is 30.3. The summed E-state index contributed by atoms with van der Waals surface area (Å²) in [6, 6.07) is 9.50. The molecule has 2 unspecified atom stereocenters. The molecule has 2 atom stereocenters. The molecule has 6 heteroatoms. The van der Waals surface area contributed by atoms with Gasteiger partial charge in [0.05, 0.1) is 11.7 Å². The number of rotatable bonds is 6. The second kappa shape index (κ2) is 7.76. The molecular formula is C16H18O4S2. The van der Waals surface area contributed by atoms with Crippen molar-refractivity contribution in [1.82, 2.24) is 0 Å². The van der Waals surface area contributed by atoms with E-state index in [1.807, 2.05) is 54.6 Å². The van der Waals surface area contributed by atoms with Crippen molar-refractivity contribution in [2.75, 3.05) is 11.5 Å². The molecule has 1 N–H and O–H groups in total. The molecule has 2 rings (SSSR count). The molecule has 1 aliphatic rings. The van der Waals surface area contributed by atoms with E-state index in [0.717, 1.165) is 23.7 Å². The van der Waals surface area contributed by atoms with Crippen molar-refractivity contribution in [1.29, 1.82) is 0 Å². The lowest BCUT2D eigenvalue weighted by molar-refractivity contribution is -0.113. The van der Waals surface area contributed by atoms with Gasteiger partial charge in [-0.2, -0.15) is 8.42 Å². The van der Waals surface area contributed by atoms with Gasteiger partial charge in [0, 0.05) is 5.75 Å². The lowest BCUT2D eigenvalue weighted by Gasteiger charge is -2.24. The van der Waals surface area contributed by atoms with Gasteiger partial charge in [0.25, 0.3) is 10.1 Å². The zero-order valence-corrected chi connectivity index (χ0v) is 13.6. The van der Waals surface area contributed by atoms with Crippen molar-refractivity contribution < 1.29 is 17.8 Å². The molecule has 0 aromatic heterocycles. The highest BCUT2D eigenvalue weighted by molar-refractivity contribution is 8.14. The third kappa shape index (κ3) is 5.12. The minimum absolute atomic E-state index is 0.0628. The quantitative estimate of drug-likeness (QED) is 0.807. The average molecular weight is 338 g/mol. The first-order chi connectivity index (χ1) is 10.5. The molecule has 0 saturated heterocycles. The molecule has 0 bridgehead atoms. The molecule has 0 radical (unpaired) electrons. The molecule has 0 fully saturated rings. The summed E-state index contributed by atoms with van der Waals surface area (Å²) in [6.07, 6.45) is 8.70.